The Bertz CT molecular complexity index is 533. The topological polar surface area (TPSA) is 67.6 Å². The molecule has 1 aromatic rings. The zero-order valence-electron chi connectivity index (χ0n) is 11.7. The van der Waals surface area contributed by atoms with Crippen molar-refractivity contribution in [2.45, 2.75) is 19.4 Å². The summed E-state index contributed by atoms with van der Waals surface area (Å²) in [5.41, 5.74) is 7.58. The first-order valence-corrected chi connectivity index (χ1v) is 6.92. The number of carbonyl (C=O) groups excluding carboxylic acids is 1. The number of amides is 1. The van der Waals surface area contributed by atoms with Crippen molar-refractivity contribution in [3.63, 3.8) is 0 Å². The largest absolute Gasteiger partial charge is 0.497 e. The number of thiocarbonyl (C=S) groups is 1. The van der Waals surface area contributed by atoms with Crippen LogP contribution in [0.3, 0.4) is 0 Å². The second-order valence-corrected chi connectivity index (χ2v) is 5.32. The van der Waals surface area contributed by atoms with Crippen LogP contribution in [0.25, 0.3) is 0 Å². The molecule has 3 N–H and O–H groups in total. The Labute approximate surface area is 124 Å². The lowest BCUT2D eigenvalue weighted by Gasteiger charge is -2.22. The molecule has 20 heavy (non-hydrogen) atoms. The molecule has 1 unspecified atom stereocenters. The van der Waals surface area contributed by atoms with Gasteiger partial charge in [0.2, 0.25) is 5.91 Å². The van der Waals surface area contributed by atoms with E-state index in [9.17, 15) is 4.79 Å². The highest BCUT2D eigenvalue weighted by atomic mass is 32.1. The molecule has 1 aliphatic rings. The number of nitrogens with two attached hydrogens (primary N) is 1. The Balaban J connectivity index is 2.23. The number of nitrogens with zero attached hydrogens (tertiary/aromatic N) is 1. The predicted molar refractivity (Wildman–Crippen MR) is 83.3 cm³/mol. The number of hydrogen-bond donors (Lipinski definition) is 2. The van der Waals surface area contributed by atoms with Crippen LogP contribution in [-0.2, 0) is 4.79 Å². The van der Waals surface area contributed by atoms with Crippen molar-refractivity contribution in [2.24, 2.45) is 5.73 Å². The minimum Gasteiger partial charge on any atom is -0.497 e. The zero-order valence-corrected chi connectivity index (χ0v) is 12.5. The fraction of sp³-hybridized carbons (Fsp3) is 0.429. The second kappa shape index (κ2) is 6.09. The quantitative estimate of drug-likeness (QED) is 0.812. The maximum Gasteiger partial charge on any atom is 0.217 e. The Kier molecular flexibility index (Phi) is 4.44. The van der Waals surface area contributed by atoms with E-state index in [1.54, 1.807) is 7.11 Å². The van der Waals surface area contributed by atoms with Crippen molar-refractivity contribution in [2.75, 3.05) is 25.1 Å². The molecule has 0 saturated carbocycles. The normalized spacial score (nSPS) is 17.9. The van der Waals surface area contributed by atoms with Gasteiger partial charge in [-0.15, -0.1) is 0 Å². The number of carbonyl (C=O) groups is 1. The standard InChI is InChI=1S/C14H19N3O2S/c1-9(18)16-10-5-6-17(8-10)13-7-11(19-2)3-4-12(13)14(15)20/h3-4,7,10H,5-6,8H2,1-2H3,(H2,15,20)(H,16,18). The number of ether oxygens (including phenoxy) is 1. The van der Waals surface area contributed by atoms with Crippen molar-refractivity contribution in [1.82, 2.24) is 5.32 Å². The van der Waals surface area contributed by atoms with Gasteiger partial charge in [-0.1, -0.05) is 12.2 Å². The van der Waals surface area contributed by atoms with Gasteiger partial charge in [-0.3, -0.25) is 4.79 Å². The molecule has 1 aromatic carbocycles. The lowest BCUT2D eigenvalue weighted by atomic mass is 10.1. The maximum absolute atomic E-state index is 11.1. The summed E-state index contributed by atoms with van der Waals surface area (Å²) in [5.74, 6) is 0.764. The molecule has 0 aliphatic carbocycles. The number of benzene rings is 1. The van der Waals surface area contributed by atoms with E-state index in [4.69, 9.17) is 22.7 Å². The van der Waals surface area contributed by atoms with Crippen LogP contribution in [0.15, 0.2) is 18.2 Å². The van der Waals surface area contributed by atoms with E-state index in [1.807, 2.05) is 18.2 Å². The molecule has 1 fully saturated rings. The predicted octanol–water partition coefficient (Wildman–Crippen LogP) is 1.04. The van der Waals surface area contributed by atoms with E-state index < -0.39 is 0 Å². The molecule has 0 aromatic heterocycles. The van der Waals surface area contributed by atoms with Crippen molar-refractivity contribution < 1.29 is 9.53 Å². The Morgan fingerprint density at radius 1 is 1.55 bits per heavy atom. The summed E-state index contributed by atoms with van der Waals surface area (Å²) in [6, 6.07) is 5.82. The molecule has 1 aliphatic heterocycles. The van der Waals surface area contributed by atoms with E-state index in [0.717, 1.165) is 36.5 Å². The van der Waals surface area contributed by atoms with Crippen LogP contribution in [0, 0.1) is 0 Å². The Morgan fingerprint density at radius 2 is 2.30 bits per heavy atom. The molecule has 1 saturated heterocycles. The van der Waals surface area contributed by atoms with Gasteiger partial charge in [-0.05, 0) is 18.6 Å². The summed E-state index contributed by atoms with van der Waals surface area (Å²) in [7, 11) is 1.63. The number of anilines is 1. The molecular formula is C14H19N3O2S. The molecule has 5 nitrogen and oxygen atoms in total. The Morgan fingerprint density at radius 3 is 2.90 bits per heavy atom. The van der Waals surface area contributed by atoms with Crippen LogP contribution >= 0.6 is 12.2 Å². The van der Waals surface area contributed by atoms with Crippen LogP contribution in [0.1, 0.15) is 18.9 Å². The van der Waals surface area contributed by atoms with E-state index in [0.29, 0.717) is 4.99 Å². The van der Waals surface area contributed by atoms with Gasteiger partial charge in [-0.2, -0.15) is 0 Å². The summed E-state index contributed by atoms with van der Waals surface area (Å²) in [4.78, 5) is 13.7. The van der Waals surface area contributed by atoms with Gasteiger partial charge in [0.25, 0.3) is 0 Å². The SMILES string of the molecule is COc1ccc(C(N)=S)c(N2CCC(NC(C)=O)C2)c1. The molecule has 0 bridgehead atoms. The fourth-order valence-electron chi connectivity index (χ4n) is 2.49. The van der Waals surface area contributed by atoms with E-state index in [1.165, 1.54) is 6.92 Å². The first-order chi connectivity index (χ1) is 9.51. The third-order valence-electron chi connectivity index (χ3n) is 3.41. The highest BCUT2D eigenvalue weighted by Gasteiger charge is 2.25. The first kappa shape index (κ1) is 14.6. The molecule has 1 amide bonds. The number of rotatable bonds is 4. The lowest BCUT2D eigenvalue weighted by molar-refractivity contribution is -0.119. The molecule has 1 heterocycles. The summed E-state index contributed by atoms with van der Waals surface area (Å²) in [5, 5.41) is 2.94. The smallest absolute Gasteiger partial charge is 0.217 e. The second-order valence-electron chi connectivity index (χ2n) is 4.88. The zero-order chi connectivity index (χ0) is 14.7. The van der Waals surface area contributed by atoms with E-state index in [-0.39, 0.29) is 11.9 Å². The van der Waals surface area contributed by atoms with Crippen LogP contribution in [-0.4, -0.2) is 37.1 Å². The molecule has 108 valence electrons. The number of nitrogens with one attached hydrogen (secondary N) is 1. The van der Waals surface area contributed by atoms with Gasteiger partial charge in [0.05, 0.1) is 12.8 Å². The van der Waals surface area contributed by atoms with Crippen molar-refractivity contribution in [1.29, 1.82) is 0 Å². The van der Waals surface area contributed by atoms with Crippen LogP contribution in [0.4, 0.5) is 5.69 Å². The lowest BCUT2D eigenvalue weighted by Crippen LogP contribution is -2.35. The van der Waals surface area contributed by atoms with Crippen LogP contribution in [0.5, 0.6) is 5.75 Å². The average molecular weight is 293 g/mol. The van der Waals surface area contributed by atoms with Crippen molar-refractivity contribution >= 4 is 28.8 Å². The summed E-state index contributed by atoms with van der Waals surface area (Å²) >= 11 is 5.10. The van der Waals surface area contributed by atoms with E-state index >= 15 is 0 Å². The minimum atomic E-state index is -0.00272. The Hall–Kier alpha value is -1.82. The summed E-state index contributed by atoms with van der Waals surface area (Å²) < 4.78 is 5.26. The first-order valence-electron chi connectivity index (χ1n) is 6.51. The number of methoxy groups -OCH3 is 1. The molecule has 1 atom stereocenters. The van der Waals surface area contributed by atoms with Crippen LogP contribution < -0.4 is 20.7 Å². The van der Waals surface area contributed by atoms with Crippen molar-refractivity contribution in [3.8, 4) is 5.75 Å². The van der Waals surface area contributed by atoms with Gasteiger partial charge in [-0.25, -0.2) is 0 Å². The number of hydrogen-bond acceptors (Lipinski definition) is 4. The van der Waals surface area contributed by atoms with E-state index in [2.05, 4.69) is 10.2 Å². The molecular weight excluding hydrogens is 274 g/mol. The van der Waals surface area contributed by atoms with Crippen LogP contribution in [0.2, 0.25) is 0 Å². The monoisotopic (exact) mass is 293 g/mol. The fourth-order valence-corrected chi connectivity index (χ4v) is 2.67. The average Bonchev–Trinajstić information content (AvgIpc) is 2.85. The third kappa shape index (κ3) is 3.19. The maximum atomic E-state index is 11.1. The van der Waals surface area contributed by atoms with Gasteiger partial charge in [0, 0.05) is 37.7 Å². The summed E-state index contributed by atoms with van der Waals surface area (Å²) in [6.45, 7) is 3.14. The highest BCUT2D eigenvalue weighted by molar-refractivity contribution is 7.80. The van der Waals surface area contributed by atoms with Gasteiger partial charge in [0.1, 0.15) is 10.7 Å². The molecule has 0 spiro atoms. The van der Waals surface area contributed by atoms with Gasteiger partial charge in [0.15, 0.2) is 0 Å². The van der Waals surface area contributed by atoms with Crippen molar-refractivity contribution in [3.05, 3.63) is 23.8 Å². The minimum absolute atomic E-state index is 0.00272. The third-order valence-corrected chi connectivity index (χ3v) is 3.63. The summed E-state index contributed by atoms with van der Waals surface area (Å²) in [6.07, 6.45) is 0.910. The molecule has 6 heteroatoms. The highest BCUT2D eigenvalue weighted by Crippen LogP contribution is 2.29. The molecule has 2 rings (SSSR count). The molecule has 0 radical (unpaired) electrons. The van der Waals surface area contributed by atoms with Gasteiger partial charge >= 0.3 is 0 Å². The van der Waals surface area contributed by atoms with Gasteiger partial charge < -0.3 is 20.7 Å².